The Bertz CT molecular complexity index is 2410. The molecule has 5 aromatic rings. The second-order valence-electron chi connectivity index (χ2n) is 15.5. The summed E-state index contributed by atoms with van der Waals surface area (Å²) in [7, 11) is 1.74. The fourth-order valence-corrected chi connectivity index (χ4v) is 8.73. The molecule has 8 rings (SSSR count). The third-order valence-electron chi connectivity index (χ3n) is 11.8. The van der Waals surface area contributed by atoms with Crippen LogP contribution in [0.3, 0.4) is 0 Å². The summed E-state index contributed by atoms with van der Waals surface area (Å²) in [5.74, 6) is -0.928. The van der Waals surface area contributed by atoms with E-state index in [9.17, 15) is 32.3 Å². The number of para-hydroxylation sites is 1. The molecule has 3 fully saturated rings. The molecule has 0 spiro atoms. The van der Waals surface area contributed by atoms with E-state index in [1.807, 2.05) is 42.1 Å². The number of alkyl halides is 3. The molecule has 0 radical (unpaired) electrons. The molecule has 3 aromatic heterocycles. The lowest BCUT2D eigenvalue weighted by molar-refractivity contribution is -0.141. The zero-order chi connectivity index (χ0) is 39.5. The highest BCUT2D eigenvalue weighted by Crippen LogP contribution is 2.36. The number of benzene rings is 2. The number of hydrogen-bond acceptors (Lipinski definition) is 8. The number of nitrogens with zero attached hydrogens (tertiary/aromatic N) is 7. The minimum Gasteiger partial charge on any atom is -0.367 e. The number of imidazole rings is 1. The molecule has 56 heavy (non-hydrogen) atoms. The number of anilines is 2. The van der Waals surface area contributed by atoms with Gasteiger partial charge in [0.25, 0.3) is 5.91 Å². The predicted octanol–water partition coefficient (Wildman–Crippen LogP) is 5.58. The molecule has 1 saturated carbocycles. The largest absolute Gasteiger partial charge is 0.433 e. The number of carbonyl (C=O) groups excluding carboxylic acids is 3. The van der Waals surface area contributed by atoms with Crippen molar-refractivity contribution in [3.05, 3.63) is 82.2 Å². The molecule has 3 aliphatic rings. The first kappa shape index (κ1) is 37.4. The summed E-state index contributed by atoms with van der Waals surface area (Å²) in [5.41, 5.74) is 2.76. The maximum absolute atomic E-state index is 13.5. The monoisotopic (exact) mass is 771 g/mol. The molecule has 2 N–H and O–H groups in total. The number of rotatable bonds is 7. The first-order valence-corrected chi connectivity index (χ1v) is 19.1. The van der Waals surface area contributed by atoms with Crippen LogP contribution in [0.5, 0.6) is 0 Å². The Balaban J connectivity index is 0.885. The van der Waals surface area contributed by atoms with Gasteiger partial charge in [-0.3, -0.25) is 38.4 Å². The van der Waals surface area contributed by atoms with Crippen LogP contribution in [-0.2, 0) is 22.8 Å². The Hall–Kier alpha value is -5.51. The number of amides is 3. The lowest BCUT2D eigenvalue weighted by atomic mass is 9.85. The second-order valence-corrected chi connectivity index (χ2v) is 15.5. The van der Waals surface area contributed by atoms with Crippen molar-refractivity contribution in [2.24, 2.45) is 13.0 Å². The van der Waals surface area contributed by atoms with Gasteiger partial charge in [-0.05, 0) is 93.8 Å². The van der Waals surface area contributed by atoms with Crippen molar-refractivity contribution in [2.75, 3.05) is 36.4 Å². The normalized spacial score (nSPS) is 22.5. The van der Waals surface area contributed by atoms with Crippen LogP contribution in [-0.4, -0.2) is 78.7 Å². The van der Waals surface area contributed by atoms with Crippen LogP contribution >= 0.6 is 0 Å². The summed E-state index contributed by atoms with van der Waals surface area (Å²) in [4.78, 5) is 59.2. The molecule has 16 heteroatoms. The van der Waals surface area contributed by atoms with Gasteiger partial charge in [0.1, 0.15) is 17.4 Å². The van der Waals surface area contributed by atoms with Crippen molar-refractivity contribution in [2.45, 2.75) is 76.7 Å². The Labute approximate surface area is 320 Å². The smallest absolute Gasteiger partial charge is 0.367 e. The number of halogens is 3. The number of carbonyl (C=O) groups is 3. The van der Waals surface area contributed by atoms with Gasteiger partial charge < -0.3 is 10.2 Å². The Morgan fingerprint density at radius 2 is 1.77 bits per heavy atom. The third-order valence-corrected chi connectivity index (χ3v) is 11.8. The van der Waals surface area contributed by atoms with E-state index >= 15 is 0 Å². The molecule has 0 bridgehead atoms. The number of piperidine rings is 1. The van der Waals surface area contributed by atoms with Crippen molar-refractivity contribution >= 4 is 51.0 Å². The number of aromatic nitrogens is 5. The molecular weight excluding hydrogens is 727 g/mol. The van der Waals surface area contributed by atoms with Gasteiger partial charge in [0.05, 0.1) is 28.3 Å². The van der Waals surface area contributed by atoms with Crippen molar-refractivity contribution in [1.82, 2.24) is 34.1 Å². The van der Waals surface area contributed by atoms with E-state index in [0.29, 0.717) is 23.5 Å². The Morgan fingerprint density at radius 1 is 1.00 bits per heavy atom. The highest BCUT2D eigenvalue weighted by Gasteiger charge is 2.35. The number of nitrogens with one attached hydrogen (secondary N) is 2. The van der Waals surface area contributed by atoms with Crippen LogP contribution in [0, 0.1) is 12.8 Å². The minimum absolute atomic E-state index is 0.195. The maximum atomic E-state index is 13.5. The molecule has 2 aliphatic heterocycles. The highest BCUT2D eigenvalue weighted by molar-refractivity contribution is 6.04. The van der Waals surface area contributed by atoms with Gasteiger partial charge in [0, 0.05) is 63.0 Å². The fraction of sp³-hybridized carbons (Fsp3) is 0.450. The molecule has 13 nitrogen and oxygen atoms in total. The van der Waals surface area contributed by atoms with E-state index in [4.69, 9.17) is 5.10 Å². The van der Waals surface area contributed by atoms with Crippen molar-refractivity contribution in [3.8, 4) is 0 Å². The molecule has 2 saturated heterocycles. The fourth-order valence-electron chi connectivity index (χ4n) is 8.73. The van der Waals surface area contributed by atoms with Gasteiger partial charge in [0.2, 0.25) is 11.8 Å². The maximum Gasteiger partial charge on any atom is 0.433 e. The van der Waals surface area contributed by atoms with Gasteiger partial charge in [0.15, 0.2) is 0 Å². The van der Waals surface area contributed by atoms with Crippen LogP contribution in [0.15, 0.2) is 59.5 Å². The van der Waals surface area contributed by atoms with E-state index in [0.717, 1.165) is 85.6 Å². The summed E-state index contributed by atoms with van der Waals surface area (Å²) < 4.78 is 44.6. The quantitative estimate of drug-likeness (QED) is 0.205. The van der Waals surface area contributed by atoms with Crippen LogP contribution in [0.2, 0.25) is 0 Å². The van der Waals surface area contributed by atoms with E-state index in [1.165, 1.54) is 16.7 Å². The zero-order valence-corrected chi connectivity index (χ0v) is 31.5. The molecular formula is C40H44F3N9O4. The van der Waals surface area contributed by atoms with E-state index in [1.54, 1.807) is 17.7 Å². The first-order valence-electron chi connectivity index (χ1n) is 19.1. The number of pyridine rings is 1. The minimum atomic E-state index is -4.65. The van der Waals surface area contributed by atoms with E-state index < -0.39 is 29.7 Å². The number of imide groups is 1. The Kier molecular flexibility index (Phi) is 9.71. The molecule has 294 valence electrons. The van der Waals surface area contributed by atoms with Crippen molar-refractivity contribution < 1.29 is 27.6 Å². The third kappa shape index (κ3) is 7.06. The number of hydrogen-bond donors (Lipinski definition) is 2. The Morgan fingerprint density at radius 3 is 2.50 bits per heavy atom. The summed E-state index contributed by atoms with van der Waals surface area (Å²) >= 11 is 0. The molecule has 3 amide bonds. The predicted molar refractivity (Wildman–Crippen MR) is 205 cm³/mol. The molecule has 2 aromatic carbocycles. The lowest BCUT2D eigenvalue weighted by Crippen LogP contribution is -2.53. The zero-order valence-electron chi connectivity index (χ0n) is 31.5. The summed E-state index contributed by atoms with van der Waals surface area (Å²) in [6.45, 7) is 7.55. The topological polar surface area (TPSA) is 139 Å². The number of piperazine rings is 1. The average molecular weight is 772 g/mol. The van der Waals surface area contributed by atoms with Crippen molar-refractivity contribution in [1.29, 1.82) is 0 Å². The summed E-state index contributed by atoms with van der Waals surface area (Å²) in [6.07, 6.45) is 1.91. The first-order chi connectivity index (χ1) is 26.7. The van der Waals surface area contributed by atoms with Crippen LogP contribution in [0.4, 0.5) is 24.5 Å². The standard InChI is InChI=1S/C40H44F3N9O4/c1-23-18-30-26(19-29(23)45-37(54)28-6-4-9-34(44-28)40(41,42)43)22-51(47-30)27-12-10-25(11-13-27)21-49-16-17-50(20-24(49)2)31-7-5-8-32-36(31)48(3)39(56)52(32)33-14-15-35(53)46-38(33)55/h4-9,18-19,22,24-25,27,33H,10-17,20-21H2,1-3H3,(H,45,54)(H,46,53,55)/t24-,25?,27?,33?/m0/s1. The van der Waals surface area contributed by atoms with Gasteiger partial charge in [-0.15, -0.1) is 0 Å². The molecule has 2 atom stereocenters. The van der Waals surface area contributed by atoms with Crippen LogP contribution in [0.25, 0.3) is 21.9 Å². The van der Waals surface area contributed by atoms with E-state index in [-0.39, 0.29) is 35.8 Å². The lowest BCUT2D eigenvalue weighted by Gasteiger charge is -2.43. The van der Waals surface area contributed by atoms with Crippen LogP contribution < -0.4 is 21.2 Å². The van der Waals surface area contributed by atoms with Crippen LogP contribution in [0.1, 0.15) is 79.3 Å². The van der Waals surface area contributed by atoms with Gasteiger partial charge in [-0.1, -0.05) is 12.1 Å². The SMILES string of the molecule is Cc1cc2nn(C3CCC(CN4CCN(c5cccc6c5n(C)c(=O)n6C5CCC(=O)NC5=O)C[C@@H]4C)CC3)cc2cc1NC(=O)c1cccc(C(F)(F)F)n1. The highest BCUT2D eigenvalue weighted by atomic mass is 19.4. The number of fused-ring (bicyclic) bond motifs is 2. The number of aryl methyl sites for hydroxylation is 2. The van der Waals surface area contributed by atoms with Gasteiger partial charge in [-0.2, -0.15) is 18.3 Å². The summed E-state index contributed by atoms with van der Waals surface area (Å²) in [6, 6.07) is 12.6. The molecule has 5 heterocycles. The van der Waals surface area contributed by atoms with Crippen molar-refractivity contribution in [3.63, 3.8) is 0 Å². The average Bonchev–Trinajstić information content (AvgIpc) is 3.69. The molecule has 1 aliphatic carbocycles. The molecule has 1 unspecified atom stereocenters. The second kappa shape index (κ2) is 14.5. The van der Waals surface area contributed by atoms with Gasteiger partial charge in [-0.25, -0.2) is 9.78 Å². The van der Waals surface area contributed by atoms with Gasteiger partial charge >= 0.3 is 11.9 Å². The van der Waals surface area contributed by atoms with E-state index in [2.05, 4.69) is 32.3 Å². The summed E-state index contributed by atoms with van der Waals surface area (Å²) in [5, 5.41) is 10.8.